The average Bonchev–Trinajstić information content (AvgIpc) is 2.81. The van der Waals surface area contributed by atoms with E-state index in [1.165, 1.54) is 57.4 Å². The lowest BCUT2D eigenvalue weighted by atomic mass is 9.74. The van der Waals surface area contributed by atoms with E-state index in [-0.39, 0.29) is 0 Å². The van der Waals surface area contributed by atoms with Crippen LogP contribution in [-0.2, 0) is 0 Å². The van der Waals surface area contributed by atoms with Crippen molar-refractivity contribution in [3.63, 3.8) is 0 Å². The van der Waals surface area contributed by atoms with Crippen molar-refractivity contribution in [1.82, 2.24) is 4.90 Å². The first kappa shape index (κ1) is 13.3. The Kier molecular flexibility index (Phi) is 3.93. The summed E-state index contributed by atoms with van der Waals surface area (Å²) in [7, 11) is 0. The topological polar surface area (TPSA) is 29.3 Å². The van der Waals surface area contributed by atoms with Gasteiger partial charge in [0.1, 0.15) is 0 Å². The van der Waals surface area contributed by atoms with Crippen LogP contribution in [0.2, 0.25) is 0 Å². The van der Waals surface area contributed by atoms with E-state index in [1.54, 1.807) is 0 Å². The number of hydrogen-bond donors (Lipinski definition) is 1. The molecule has 0 amide bonds. The van der Waals surface area contributed by atoms with Gasteiger partial charge < -0.3 is 5.73 Å². The lowest BCUT2D eigenvalue weighted by molar-refractivity contribution is 0.0175. The smallest absolute Gasteiger partial charge is 0.0432 e. The Bertz CT molecular complexity index is 296. The summed E-state index contributed by atoms with van der Waals surface area (Å²) in [6.07, 6.45) is 8.67. The van der Waals surface area contributed by atoms with Gasteiger partial charge in [0.15, 0.2) is 0 Å². The Morgan fingerprint density at radius 3 is 2.67 bits per heavy atom. The van der Waals surface area contributed by atoms with Crippen LogP contribution in [-0.4, -0.2) is 41.1 Å². The zero-order valence-corrected chi connectivity index (χ0v) is 12.6. The molecular weight excluding hydrogens is 240 g/mol. The highest BCUT2D eigenvalue weighted by Gasteiger charge is 2.45. The van der Waals surface area contributed by atoms with E-state index in [4.69, 9.17) is 5.73 Å². The van der Waals surface area contributed by atoms with Crippen molar-refractivity contribution in [3.05, 3.63) is 0 Å². The number of likely N-dealkylation sites (tertiary alicyclic amines) is 1. The van der Waals surface area contributed by atoms with Crippen LogP contribution >= 0.6 is 11.8 Å². The zero-order chi connectivity index (χ0) is 12.6. The molecule has 0 aromatic carbocycles. The second-order valence-corrected chi connectivity index (χ2v) is 8.22. The predicted molar refractivity (Wildman–Crippen MR) is 80.0 cm³/mol. The van der Waals surface area contributed by atoms with E-state index in [0.717, 1.165) is 23.6 Å². The number of nitrogens with two attached hydrogens (primary N) is 1. The average molecular weight is 268 g/mol. The molecule has 1 saturated carbocycles. The lowest BCUT2D eigenvalue weighted by Gasteiger charge is -2.49. The van der Waals surface area contributed by atoms with Gasteiger partial charge in [-0.05, 0) is 37.6 Å². The van der Waals surface area contributed by atoms with Crippen LogP contribution in [0.15, 0.2) is 0 Å². The molecule has 1 aliphatic carbocycles. The van der Waals surface area contributed by atoms with Gasteiger partial charge in [0.25, 0.3) is 0 Å². The normalized spacial score (nSPS) is 46.0. The van der Waals surface area contributed by atoms with Crippen LogP contribution in [0, 0.1) is 11.8 Å². The summed E-state index contributed by atoms with van der Waals surface area (Å²) in [6, 6.07) is 0. The van der Waals surface area contributed by atoms with Crippen molar-refractivity contribution < 1.29 is 0 Å². The zero-order valence-electron chi connectivity index (χ0n) is 11.7. The maximum Gasteiger partial charge on any atom is 0.0432 e. The lowest BCUT2D eigenvalue weighted by Crippen LogP contribution is -2.59. The fraction of sp³-hybridized carbons (Fsp3) is 1.00. The highest BCUT2D eigenvalue weighted by molar-refractivity contribution is 8.00. The number of fused-ring (bicyclic) bond motifs is 1. The summed E-state index contributed by atoms with van der Waals surface area (Å²) in [5.41, 5.74) is 6.51. The Hall–Kier alpha value is 0.270. The van der Waals surface area contributed by atoms with Gasteiger partial charge in [-0.2, -0.15) is 11.8 Å². The molecule has 3 rings (SSSR count). The molecule has 0 bridgehead atoms. The maximum atomic E-state index is 6.17. The molecule has 18 heavy (non-hydrogen) atoms. The van der Waals surface area contributed by atoms with Crippen LogP contribution in [0.25, 0.3) is 0 Å². The fourth-order valence-electron chi connectivity index (χ4n) is 4.47. The van der Waals surface area contributed by atoms with E-state index >= 15 is 0 Å². The Morgan fingerprint density at radius 1 is 1.22 bits per heavy atom. The molecule has 3 aliphatic rings. The molecule has 0 spiro atoms. The van der Waals surface area contributed by atoms with Gasteiger partial charge in [-0.1, -0.05) is 26.2 Å². The monoisotopic (exact) mass is 268 g/mol. The van der Waals surface area contributed by atoms with Crippen LogP contribution < -0.4 is 5.73 Å². The second-order valence-electron chi connectivity index (χ2n) is 6.79. The highest BCUT2D eigenvalue weighted by Crippen LogP contribution is 2.43. The number of rotatable bonds is 2. The molecule has 2 heterocycles. The van der Waals surface area contributed by atoms with Crippen LogP contribution in [0.5, 0.6) is 0 Å². The molecule has 2 N–H and O–H groups in total. The number of piperidine rings is 1. The summed E-state index contributed by atoms with van der Waals surface area (Å²) in [4.78, 5) is 2.79. The summed E-state index contributed by atoms with van der Waals surface area (Å²) >= 11 is 2.13. The van der Waals surface area contributed by atoms with Crippen molar-refractivity contribution in [2.24, 2.45) is 17.6 Å². The molecule has 104 valence electrons. The van der Waals surface area contributed by atoms with Crippen LogP contribution in [0.4, 0.5) is 0 Å². The first-order chi connectivity index (χ1) is 8.73. The van der Waals surface area contributed by atoms with Crippen molar-refractivity contribution >= 4 is 11.8 Å². The van der Waals surface area contributed by atoms with Crippen molar-refractivity contribution in [2.75, 3.05) is 25.4 Å². The molecule has 2 saturated heterocycles. The molecular formula is C15H28N2S. The SMILES string of the molecule is CC1CC(CN)(N2CCC3CCCCC3C2)CS1. The highest BCUT2D eigenvalue weighted by atomic mass is 32.2. The first-order valence-electron chi connectivity index (χ1n) is 7.80. The molecule has 0 radical (unpaired) electrons. The van der Waals surface area contributed by atoms with Crippen molar-refractivity contribution in [2.45, 2.75) is 56.2 Å². The Morgan fingerprint density at radius 2 is 2.00 bits per heavy atom. The van der Waals surface area contributed by atoms with Gasteiger partial charge in [-0.3, -0.25) is 4.90 Å². The molecule has 3 heteroatoms. The molecule has 4 atom stereocenters. The summed E-state index contributed by atoms with van der Waals surface area (Å²) in [6.45, 7) is 5.89. The summed E-state index contributed by atoms with van der Waals surface area (Å²) < 4.78 is 0. The predicted octanol–water partition coefficient (Wildman–Crippen LogP) is 2.72. The van der Waals surface area contributed by atoms with Crippen LogP contribution in [0.1, 0.15) is 45.4 Å². The Balaban J connectivity index is 1.69. The summed E-state index contributed by atoms with van der Waals surface area (Å²) in [5, 5.41) is 0.803. The van der Waals surface area contributed by atoms with E-state index in [0.29, 0.717) is 5.54 Å². The number of nitrogens with zero attached hydrogens (tertiary/aromatic N) is 1. The van der Waals surface area contributed by atoms with Gasteiger partial charge in [-0.15, -0.1) is 0 Å². The minimum Gasteiger partial charge on any atom is -0.329 e. The molecule has 3 fully saturated rings. The number of hydrogen-bond acceptors (Lipinski definition) is 3. The number of thioether (sulfide) groups is 1. The Labute approximate surface area is 116 Å². The third kappa shape index (κ3) is 2.34. The third-order valence-corrected chi connectivity index (χ3v) is 7.09. The minimum absolute atomic E-state index is 0.340. The molecule has 0 aromatic heterocycles. The molecule has 2 aliphatic heterocycles. The van der Waals surface area contributed by atoms with Gasteiger partial charge >= 0.3 is 0 Å². The van der Waals surface area contributed by atoms with Crippen molar-refractivity contribution in [3.8, 4) is 0 Å². The van der Waals surface area contributed by atoms with Crippen LogP contribution in [0.3, 0.4) is 0 Å². The quantitative estimate of drug-likeness (QED) is 0.835. The third-order valence-electron chi connectivity index (χ3n) is 5.65. The standard InChI is InChI=1S/C15H28N2S/c1-12-8-15(10-16,11-18-12)17-7-6-13-4-2-3-5-14(13)9-17/h12-14H,2-11,16H2,1H3. The van der Waals surface area contributed by atoms with Gasteiger partial charge in [-0.25, -0.2) is 0 Å². The largest absolute Gasteiger partial charge is 0.329 e. The molecule has 2 nitrogen and oxygen atoms in total. The second kappa shape index (κ2) is 5.34. The van der Waals surface area contributed by atoms with E-state index in [1.807, 2.05) is 0 Å². The minimum atomic E-state index is 0.340. The van der Waals surface area contributed by atoms with Gasteiger partial charge in [0.2, 0.25) is 0 Å². The van der Waals surface area contributed by atoms with Gasteiger partial charge in [0.05, 0.1) is 0 Å². The maximum absolute atomic E-state index is 6.17. The van der Waals surface area contributed by atoms with Gasteiger partial charge in [0, 0.05) is 29.6 Å². The van der Waals surface area contributed by atoms with E-state index < -0.39 is 0 Å². The summed E-state index contributed by atoms with van der Waals surface area (Å²) in [5.74, 6) is 3.29. The van der Waals surface area contributed by atoms with E-state index in [9.17, 15) is 0 Å². The first-order valence-corrected chi connectivity index (χ1v) is 8.85. The fourth-order valence-corrected chi connectivity index (χ4v) is 5.91. The molecule has 4 unspecified atom stereocenters. The molecule has 0 aromatic rings. The van der Waals surface area contributed by atoms with E-state index in [2.05, 4.69) is 23.6 Å². The van der Waals surface area contributed by atoms with Crippen molar-refractivity contribution in [1.29, 1.82) is 0 Å².